The minimum Gasteiger partial charge on any atom is -0.206 e. The first-order chi connectivity index (χ1) is 19.1. The molecule has 0 atom stereocenters. The van der Waals surface area contributed by atoms with E-state index in [2.05, 4.69) is 11.8 Å². The van der Waals surface area contributed by atoms with Crippen LogP contribution in [0.15, 0.2) is 84.9 Å². The van der Waals surface area contributed by atoms with Gasteiger partial charge in [0.25, 0.3) is 0 Å². The van der Waals surface area contributed by atoms with E-state index in [4.69, 9.17) is 0 Å². The molecule has 5 aromatic rings. The largest absolute Gasteiger partial charge is 0.206 e. The normalized spacial score (nSPS) is 10.8. The summed E-state index contributed by atoms with van der Waals surface area (Å²) >= 11 is 0. The smallest absolute Gasteiger partial charge is 0.194 e. The van der Waals surface area contributed by atoms with E-state index in [1.54, 1.807) is 25.1 Å². The molecule has 0 aliphatic heterocycles. The zero-order chi connectivity index (χ0) is 28.6. The van der Waals surface area contributed by atoms with E-state index in [0.717, 1.165) is 17.2 Å². The first-order valence-corrected chi connectivity index (χ1v) is 12.2. The van der Waals surface area contributed by atoms with Crippen LogP contribution in [0.25, 0.3) is 33.4 Å². The van der Waals surface area contributed by atoms with Crippen LogP contribution >= 0.6 is 0 Å². The highest BCUT2D eigenvalue weighted by molar-refractivity contribution is 5.75. The molecular weight excluding hydrogens is 522 g/mol. The van der Waals surface area contributed by atoms with Crippen LogP contribution in [0.1, 0.15) is 22.3 Å². The van der Waals surface area contributed by atoms with Gasteiger partial charge in [0, 0.05) is 16.7 Å². The van der Waals surface area contributed by atoms with Crippen LogP contribution in [0.3, 0.4) is 0 Å². The molecule has 5 rings (SSSR count). The van der Waals surface area contributed by atoms with Crippen LogP contribution in [0.5, 0.6) is 0 Å². The van der Waals surface area contributed by atoms with E-state index in [-0.39, 0.29) is 27.8 Å². The van der Waals surface area contributed by atoms with Gasteiger partial charge in [-0.05, 0) is 78.1 Å². The van der Waals surface area contributed by atoms with Crippen molar-refractivity contribution in [2.24, 2.45) is 0 Å². The molecule has 0 saturated heterocycles. The predicted octanol–water partition coefficient (Wildman–Crippen LogP) is 9.54. The number of halogens is 6. The second-order valence-electron chi connectivity index (χ2n) is 9.41. The number of hydrogen-bond donors (Lipinski definition) is 0. The zero-order valence-electron chi connectivity index (χ0n) is 21.4. The lowest BCUT2D eigenvalue weighted by atomic mass is 9.95. The molecule has 0 bridgehead atoms. The molecule has 0 saturated carbocycles. The maximum atomic E-state index is 15.2. The van der Waals surface area contributed by atoms with Crippen LogP contribution < -0.4 is 0 Å². The van der Waals surface area contributed by atoms with Crippen molar-refractivity contribution in [1.29, 1.82) is 0 Å². The summed E-state index contributed by atoms with van der Waals surface area (Å²) in [4.78, 5) is 0. The Bertz CT molecular complexity index is 1780. The van der Waals surface area contributed by atoms with Crippen molar-refractivity contribution in [3.8, 4) is 45.2 Å². The fraction of sp³-hybridized carbons (Fsp3) is 0.0588. The van der Waals surface area contributed by atoms with Crippen molar-refractivity contribution >= 4 is 0 Å². The molecule has 0 aromatic heterocycles. The van der Waals surface area contributed by atoms with Crippen molar-refractivity contribution < 1.29 is 26.3 Å². The SMILES string of the molecule is Cc1ccc(-c2ccc(-c3ccc(-c4cc(C)c(C#Cc5cc(F)c(F)c(F)c5)c(F)c4)c(F)c3)c(F)c2)cc1. The molecule has 6 heteroatoms. The highest BCUT2D eigenvalue weighted by Crippen LogP contribution is 2.33. The van der Waals surface area contributed by atoms with Crippen LogP contribution in [-0.4, -0.2) is 0 Å². The van der Waals surface area contributed by atoms with Gasteiger partial charge in [-0.25, -0.2) is 26.3 Å². The minimum atomic E-state index is -1.62. The predicted molar refractivity (Wildman–Crippen MR) is 144 cm³/mol. The van der Waals surface area contributed by atoms with Crippen molar-refractivity contribution in [1.82, 2.24) is 0 Å². The molecule has 0 radical (unpaired) electrons. The second kappa shape index (κ2) is 10.8. The van der Waals surface area contributed by atoms with E-state index >= 15 is 8.78 Å². The first-order valence-electron chi connectivity index (χ1n) is 12.2. The Labute approximate surface area is 227 Å². The molecule has 40 heavy (non-hydrogen) atoms. The minimum absolute atomic E-state index is 0.0540. The highest BCUT2D eigenvalue weighted by Gasteiger charge is 2.15. The van der Waals surface area contributed by atoms with Gasteiger partial charge in [-0.1, -0.05) is 65.9 Å². The molecule has 0 fully saturated rings. The summed E-state index contributed by atoms with van der Waals surface area (Å²) in [6.07, 6.45) is 0. The maximum Gasteiger partial charge on any atom is 0.194 e. The fourth-order valence-corrected chi connectivity index (χ4v) is 4.41. The van der Waals surface area contributed by atoms with E-state index in [1.807, 2.05) is 31.2 Å². The lowest BCUT2D eigenvalue weighted by Gasteiger charge is -2.11. The quantitative estimate of drug-likeness (QED) is 0.121. The Morgan fingerprint density at radius 3 is 1.57 bits per heavy atom. The Morgan fingerprint density at radius 2 is 0.975 bits per heavy atom. The van der Waals surface area contributed by atoms with Crippen LogP contribution in [0.4, 0.5) is 26.3 Å². The van der Waals surface area contributed by atoms with E-state index in [0.29, 0.717) is 28.8 Å². The summed E-state index contributed by atoms with van der Waals surface area (Å²) in [6.45, 7) is 3.52. The van der Waals surface area contributed by atoms with Gasteiger partial charge in [0.1, 0.15) is 17.5 Å². The molecule has 0 unspecified atom stereocenters. The van der Waals surface area contributed by atoms with Crippen molar-refractivity contribution in [3.63, 3.8) is 0 Å². The van der Waals surface area contributed by atoms with Gasteiger partial charge in [0.05, 0.1) is 5.56 Å². The molecule has 0 aliphatic rings. The Kier molecular flexibility index (Phi) is 7.23. The third kappa shape index (κ3) is 5.37. The van der Waals surface area contributed by atoms with E-state index in [1.165, 1.54) is 24.3 Å². The summed E-state index contributed by atoms with van der Waals surface area (Å²) in [5.74, 6) is -1.45. The van der Waals surface area contributed by atoms with Gasteiger partial charge in [0.15, 0.2) is 17.5 Å². The third-order valence-corrected chi connectivity index (χ3v) is 6.55. The highest BCUT2D eigenvalue weighted by atomic mass is 19.2. The third-order valence-electron chi connectivity index (χ3n) is 6.55. The fourth-order valence-electron chi connectivity index (χ4n) is 4.41. The Morgan fingerprint density at radius 1 is 0.450 bits per heavy atom. The number of hydrogen-bond acceptors (Lipinski definition) is 0. The molecular formula is C34H20F6. The molecule has 0 aliphatic carbocycles. The van der Waals surface area contributed by atoms with Gasteiger partial charge in [0.2, 0.25) is 0 Å². The lowest BCUT2D eigenvalue weighted by molar-refractivity contribution is 0.446. The molecule has 0 nitrogen and oxygen atoms in total. The lowest BCUT2D eigenvalue weighted by Crippen LogP contribution is -1.95. The summed E-state index contributed by atoms with van der Waals surface area (Å²) in [5.41, 5.74) is 3.67. The van der Waals surface area contributed by atoms with Gasteiger partial charge >= 0.3 is 0 Å². The van der Waals surface area contributed by atoms with Crippen LogP contribution in [-0.2, 0) is 0 Å². The standard InChI is InChI=1S/C34H20F6/c1-19-3-6-22(7-4-19)23-8-11-27(30(36)16-23)24-9-12-28(31(37)17-24)25-13-20(2)26(29(35)18-25)10-5-21-14-32(38)34(40)33(39)15-21/h3-4,6-9,11-18H,1-2H3. The zero-order valence-corrected chi connectivity index (χ0v) is 21.4. The van der Waals surface area contributed by atoms with Crippen molar-refractivity contribution in [2.45, 2.75) is 13.8 Å². The molecule has 0 spiro atoms. The molecule has 0 N–H and O–H groups in total. The van der Waals surface area contributed by atoms with Crippen molar-refractivity contribution in [3.05, 3.63) is 142 Å². The second-order valence-corrected chi connectivity index (χ2v) is 9.41. The summed E-state index contributed by atoms with van der Waals surface area (Å²) < 4.78 is 85.3. The van der Waals surface area contributed by atoms with Gasteiger partial charge in [-0.3, -0.25) is 0 Å². The average molecular weight is 543 g/mol. The Hall–Kier alpha value is -4.76. The maximum absolute atomic E-state index is 15.2. The number of rotatable bonds is 3. The summed E-state index contributed by atoms with van der Waals surface area (Å²) in [5, 5.41) is 0. The van der Waals surface area contributed by atoms with Gasteiger partial charge in [-0.15, -0.1) is 0 Å². The van der Waals surface area contributed by atoms with Gasteiger partial charge < -0.3 is 0 Å². The molecule has 5 aromatic carbocycles. The Balaban J connectivity index is 1.43. The topological polar surface area (TPSA) is 0 Å². The monoisotopic (exact) mass is 542 g/mol. The molecule has 0 heterocycles. The average Bonchev–Trinajstić information content (AvgIpc) is 2.91. The van der Waals surface area contributed by atoms with Crippen molar-refractivity contribution in [2.75, 3.05) is 0 Å². The van der Waals surface area contributed by atoms with Crippen LogP contribution in [0.2, 0.25) is 0 Å². The molecule has 198 valence electrons. The number of benzene rings is 5. The molecule has 0 amide bonds. The summed E-state index contributed by atoms with van der Waals surface area (Å²) in [6, 6.07) is 20.7. The number of aryl methyl sites for hydroxylation is 2. The van der Waals surface area contributed by atoms with E-state index in [9.17, 15) is 17.6 Å². The van der Waals surface area contributed by atoms with Gasteiger partial charge in [-0.2, -0.15) is 0 Å². The first kappa shape index (κ1) is 26.8. The van der Waals surface area contributed by atoms with E-state index < -0.39 is 34.9 Å². The van der Waals surface area contributed by atoms with Crippen LogP contribution in [0, 0.1) is 60.6 Å². The summed E-state index contributed by atoms with van der Waals surface area (Å²) in [7, 11) is 0.